The molecule has 0 unspecified atom stereocenters. The van der Waals surface area contributed by atoms with Crippen molar-refractivity contribution in [2.24, 2.45) is 0 Å². The van der Waals surface area contributed by atoms with Gasteiger partial charge in [-0.3, -0.25) is 14.4 Å². The fraction of sp³-hybridized carbons (Fsp3) is 0.243. The Morgan fingerprint density at radius 3 is 0.781 bits per heavy atom. The van der Waals surface area contributed by atoms with Gasteiger partial charge in [-0.05, 0) is 261 Å². The number of aromatic carboxylic acids is 2. The summed E-state index contributed by atoms with van der Waals surface area (Å²) in [5, 5.41) is 61.7. The minimum Gasteiger partial charge on any atom is -0.481 e. The maximum Gasteiger partial charge on any atom is 0.335 e. The van der Waals surface area contributed by atoms with Crippen LogP contribution in [0.25, 0.3) is 53.5 Å². The van der Waals surface area contributed by atoms with E-state index in [0.29, 0.717) is 36.7 Å². The molecule has 0 amide bonds. The molecule has 0 aliphatic carbocycles. The second-order valence-electron chi connectivity index (χ2n) is 31.5. The molecule has 10 heterocycles. The van der Waals surface area contributed by atoms with E-state index >= 15 is 0 Å². The lowest BCUT2D eigenvalue weighted by molar-refractivity contribution is -0.137. The minimum atomic E-state index is -0.947. The molecule has 25 nitrogen and oxygen atoms in total. The highest BCUT2D eigenvalue weighted by atomic mass is 32.1. The number of allylic oxidation sites excluding steroid dienone is 3. The summed E-state index contributed by atoms with van der Waals surface area (Å²) in [6.07, 6.45) is 14.7. The van der Waals surface area contributed by atoms with Gasteiger partial charge in [0.05, 0.1) is 54.8 Å². The number of nitrogens with zero attached hydrogens (tertiary/aromatic N) is 10. The van der Waals surface area contributed by atoms with Crippen molar-refractivity contribution in [1.29, 1.82) is 0 Å². The fourth-order valence-corrected chi connectivity index (χ4v) is 18.8. The standard InChI is InChI=1S/C23H25N3O2S.C22H25N3O2S.C21H23N3O2S.C21H21N3O2S.C20H19N3O2S/c1-4-7-18-19(6-3)25-23(20-13-12-17(5-2)29-20)26-22(18)24-16-10-8-15(9-11-16)14-21(27)28;1-4-16-11-12-19(28-16)22-24-18(6-3)17(5-2)21(25-22)23-15-9-7-14(8-10-15)13-20(26)27;1-4-16-10-11-18(27-16)21-22-13(3)17(5-2)20(24-21)23-15-8-6-14(7-9-15)12-19(25)26;1-4-6-16-17(5-2)23-20(18-12-7-13(3)27-18)24-19(16)22-15-10-8-14(9-11-15)21(25)26;1-4-5-16-13(3)21-19(17-11-6-12(2)26-17)23-18(16)22-15-9-7-14(8-10-15)20(24)25/h4,8-13H,1,5-7,14H2,2-3H3,(H,27,28)(H,24,25,26);7-12H,4-6,13H2,1-3H3,(H,26,27)(H,23,24,25);6-11H,4-5,12H2,1-3H3,(H,25,26)(H,22,23,24);4,7-12H,1,5-6H2,2-3H3,(H,25,26)(H,22,23,24);4,6-11H,1,5H2,2-3H3,(H,24,25)(H,21,22,23). The van der Waals surface area contributed by atoms with Gasteiger partial charge in [0.1, 0.15) is 29.1 Å². The molecular weight excluding hydrogens is 1820 g/mol. The Labute approximate surface area is 819 Å². The smallest absolute Gasteiger partial charge is 0.335 e. The summed E-state index contributed by atoms with van der Waals surface area (Å²) in [5.74, 6) is 3.03. The van der Waals surface area contributed by atoms with E-state index in [1.807, 2.05) is 123 Å². The lowest BCUT2D eigenvalue weighted by atomic mass is 10.1. The molecule has 0 bridgehead atoms. The van der Waals surface area contributed by atoms with Crippen LogP contribution < -0.4 is 26.6 Å². The molecule has 5 aromatic carbocycles. The molecule has 0 spiro atoms. The van der Waals surface area contributed by atoms with E-state index in [0.717, 1.165) is 218 Å². The van der Waals surface area contributed by atoms with Crippen molar-refractivity contribution in [3.05, 3.63) is 328 Å². The monoisotopic (exact) mass is 1930 g/mol. The molecule has 0 saturated carbocycles. The highest BCUT2D eigenvalue weighted by molar-refractivity contribution is 7.16. The largest absolute Gasteiger partial charge is 0.481 e. The normalized spacial score (nSPS) is 10.7. The molecule has 0 saturated heterocycles. The van der Waals surface area contributed by atoms with Crippen LogP contribution in [0.2, 0.25) is 0 Å². The van der Waals surface area contributed by atoms with Crippen molar-refractivity contribution in [1.82, 2.24) is 49.8 Å². The number of aliphatic carboxylic acids is 3. The number of anilines is 10. The van der Waals surface area contributed by atoms with Crippen LogP contribution in [0.1, 0.15) is 173 Å². The number of hydrogen-bond donors (Lipinski definition) is 10. The van der Waals surface area contributed by atoms with Gasteiger partial charge in [0, 0.05) is 109 Å². The Morgan fingerprint density at radius 2 is 0.526 bits per heavy atom. The van der Waals surface area contributed by atoms with Gasteiger partial charge in [-0.2, -0.15) is 0 Å². The fourth-order valence-electron chi connectivity index (χ4n) is 14.5. The van der Waals surface area contributed by atoms with Crippen molar-refractivity contribution in [3.63, 3.8) is 0 Å². The van der Waals surface area contributed by atoms with Gasteiger partial charge in [-0.25, -0.2) is 59.4 Å². The molecule has 0 radical (unpaired) electrons. The third-order valence-corrected chi connectivity index (χ3v) is 27.3. The number of carboxylic acid groups (broad SMARTS) is 5. The Bertz CT molecular complexity index is 6720. The van der Waals surface area contributed by atoms with Crippen LogP contribution in [0.3, 0.4) is 0 Å². The summed E-state index contributed by atoms with van der Waals surface area (Å²) in [4.78, 5) is 114. The topological polar surface area (TPSA) is 376 Å². The van der Waals surface area contributed by atoms with E-state index in [-0.39, 0.29) is 30.4 Å². The van der Waals surface area contributed by atoms with Crippen LogP contribution in [-0.2, 0) is 104 Å². The first-order chi connectivity index (χ1) is 66.0. The van der Waals surface area contributed by atoms with E-state index < -0.39 is 29.8 Å². The van der Waals surface area contributed by atoms with Crippen LogP contribution in [0, 0.1) is 27.7 Å². The molecule has 30 heteroatoms. The first kappa shape index (κ1) is 103. The summed E-state index contributed by atoms with van der Waals surface area (Å²) in [7, 11) is 0. The van der Waals surface area contributed by atoms with Gasteiger partial charge in [0.25, 0.3) is 0 Å². The number of nitrogens with one attached hydrogen (secondary N) is 5. The molecular formula is C107H113N15O10S5. The number of thiophene rings is 5. The van der Waals surface area contributed by atoms with Crippen LogP contribution in [0.15, 0.2) is 220 Å². The van der Waals surface area contributed by atoms with E-state index in [1.54, 1.807) is 105 Å². The van der Waals surface area contributed by atoms with Crippen molar-refractivity contribution < 1.29 is 49.5 Å². The van der Waals surface area contributed by atoms with Gasteiger partial charge in [0.15, 0.2) is 29.1 Å². The molecule has 0 fully saturated rings. The number of hydrogen-bond acceptors (Lipinski definition) is 25. The molecule has 706 valence electrons. The summed E-state index contributed by atoms with van der Waals surface area (Å²) in [6, 6.07) is 56.3. The van der Waals surface area contributed by atoms with Crippen molar-refractivity contribution in [2.75, 3.05) is 26.6 Å². The predicted octanol–water partition coefficient (Wildman–Crippen LogP) is 25.9. The van der Waals surface area contributed by atoms with Crippen LogP contribution in [-0.4, -0.2) is 105 Å². The van der Waals surface area contributed by atoms with Crippen LogP contribution in [0.4, 0.5) is 57.5 Å². The first-order valence-electron chi connectivity index (χ1n) is 45.2. The second-order valence-corrected chi connectivity index (χ2v) is 37.6. The lowest BCUT2D eigenvalue weighted by Crippen LogP contribution is -2.07. The van der Waals surface area contributed by atoms with Crippen LogP contribution >= 0.6 is 56.7 Å². The Hall–Kier alpha value is -14.4. The van der Waals surface area contributed by atoms with E-state index in [1.165, 1.54) is 24.4 Å². The van der Waals surface area contributed by atoms with Gasteiger partial charge >= 0.3 is 29.8 Å². The van der Waals surface area contributed by atoms with Crippen molar-refractivity contribution in [2.45, 2.75) is 173 Å². The average Bonchev–Trinajstić information content (AvgIpc) is 1.79. The molecule has 0 aliphatic heterocycles. The number of carbonyl (C=O) groups is 5. The molecule has 10 aromatic heterocycles. The molecule has 15 aromatic rings. The van der Waals surface area contributed by atoms with Gasteiger partial charge in [0.2, 0.25) is 0 Å². The maximum absolute atomic E-state index is 11.0. The summed E-state index contributed by atoms with van der Waals surface area (Å²) < 4.78 is 0. The Kier molecular flexibility index (Phi) is 37.8. The van der Waals surface area contributed by atoms with E-state index in [9.17, 15) is 24.0 Å². The summed E-state index contributed by atoms with van der Waals surface area (Å²) >= 11 is 8.49. The third kappa shape index (κ3) is 28.8. The average molecular weight is 1930 g/mol. The number of aromatic nitrogens is 10. The van der Waals surface area contributed by atoms with Gasteiger partial charge in [-0.15, -0.1) is 76.4 Å². The zero-order chi connectivity index (χ0) is 98.4. The second kappa shape index (κ2) is 50.2. The number of rotatable bonds is 37. The maximum atomic E-state index is 11.0. The van der Waals surface area contributed by atoms with Crippen molar-refractivity contribution >= 4 is 144 Å². The first-order valence-corrected chi connectivity index (χ1v) is 49.3. The molecule has 10 N–H and O–H groups in total. The SMILES string of the molecule is C=CCc1c(C)nc(-c2ccc(C)s2)nc1Nc1ccc(C(=O)O)cc1.C=CCc1c(CC)nc(-c2ccc(C)s2)nc1Nc1ccc(C(=O)O)cc1.C=CCc1c(CC)nc(-c2ccc(CC)s2)nc1Nc1ccc(CC(=O)O)cc1.CCc1ccc(-c2nc(C)c(CC)c(Nc3ccc(CC(=O)O)cc3)n2)s1.CCc1ccc(-c2nc(CC)c(CC)c(Nc3ccc(CC(=O)O)cc3)n2)s1. The minimum absolute atomic E-state index is 0.0117. The van der Waals surface area contributed by atoms with E-state index in [4.69, 9.17) is 70.4 Å². The Balaban J connectivity index is 0.000000164. The van der Waals surface area contributed by atoms with Crippen molar-refractivity contribution in [3.8, 4) is 53.5 Å². The zero-order valence-electron chi connectivity index (χ0n) is 78.9. The predicted molar refractivity (Wildman–Crippen MR) is 559 cm³/mol. The van der Waals surface area contributed by atoms with Gasteiger partial charge in [-0.1, -0.05) is 110 Å². The van der Waals surface area contributed by atoms with Crippen LogP contribution in [0.5, 0.6) is 0 Å². The zero-order valence-corrected chi connectivity index (χ0v) is 82.9. The number of carboxylic acids is 5. The molecule has 137 heavy (non-hydrogen) atoms. The Morgan fingerprint density at radius 1 is 0.277 bits per heavy atom. The quantitative estimate of drug-likeness (QED) is 0.0162. The summed E-state index contributed by atoms with van der Waals surface area (Å²) in [6.45, 7) is 36.5. The molecule has 0 aliphatic rings. The lowest BCUT2D eigenvalue weighted by Gasteiger charge is -2.15. The third-order valence-electron chi connectivity index (χ3n) is 21.6. The van der Waals surface area contributed by atoms with Gasteiger partial charge < -0.3 is 52.1 Å². The number of benzene rings is 5. The highest BCUT2D eigenvalue weighted by Crippen LogP contribution is 2.38. The number of aryl methyl sites for hydroxylation is 10. The molecule has 15 rings (SSSR count). The van der Waals surface area contributed by atoms with E-state index in [2.05, 4.69) is 163 Å². The summed E-state index contributed by atoms with van der Waals surface area (Å²) in [5.41, 5.74) is 17.1. The highest BCUT2D eigenvalue weighted by Gasteiger charge is 2.23. The molecule has 0 atom stereocenters.